The van der Waals surface area contributed by atoms with Gasteiger partial charge in [0, 0.05) is 24.4 Å². The molecule has 132 valence electrons. The van der Waals surface area contributed by atoms with Gasteiger partial charge < -0.3 is 5.32 Å². The third-order valence-corrected chi connectivity index (χ3v) is 4.92. The zero-order valence-electron chi connectivity index (χ0n) is 14.6. The molecule has 26 heavy (non-hydrogen) atoms. The van der Waals surface area contributed by atoms with Crippen molar-refractivity contribution in [1.82, 2.24) is 10.3 Å². The highest BCUT2D eigenvalue weighted by Gasteiger charge is 2.08. The van der Waals surface area contributed by atoms with E-state index in [0.717, 1.165) is 27.9 Å². The monoisotopic (exact) mass is 364 g/mol. The number of fused-ring (bicyclic) bond motifs is 1. The first-order valence-corrected chi connectivity index (χ1v) is 9.45. The number of benzene rings is 2. The van der Waals surface area contributed by atoms with Crippen molar-refractivity contribution in [3.63, 3.8) is 0 Å². The SMILES string of the molecule is CC(=O)NCCc1ccc(C(=O)CSc2ccc3ccccc3n2)cc1. The lowest BCUT2D eigenvalue weighted by Crippen LogP contribution is -2.22. The van der Waals surface area contributed by atoms with Gasteiger partial charge in [-0.3, -0.25) is 9.59 Å². The van der Waals surface area contributed by atoms with Crippen molar-refractivity contribution in [3.05, 3.63) is 71.8 Å². The minimum atomic E-state index is -0.0314. The van der Waals surface area contributed by atoms with Gasteiger partial charge in [0.25, 0.3) is 0 Å². The highest BCUT2D eigenvalue weighted by atomic mass is 32.2. The summed E-state index contributed by atoms with van der Waals surface area (Å²) in [5, 5.41) is 4.71. The van der Waals surface area contributed by atoms with Gasteiger partial charge in [-0.25, -0.2) is 4.98 Å². The Labute approximate surface area is 157 Å². The van der Waals surface area contributed by atoms with Gasteiger partial charge in [0.05, 0.1) is 16.3 Å². The summed E-state index contributed by atoms with van der Waals surface area (Å²) in [7, 11) is 0. The minimum absolute atomic E-state index is 0.0314. The molecule has 0 atom stereocenters. The van der Waals surface area contributed by atoms with Crippen molar-refractivity contribution < 1.29 is 9.59 Å². The molecule has 0 aliphatic heterocycles. The fourth-order valence-corrected chi connectivity index (χ4v) is 3.36. The normalized spacial score (nSPS) is 10.7. The Morgan fingerprint density at radius 1 is 1.00 bits per heavy atom. The molecule has 0 bridgehead atoms. The standard InChI is InChI=1S/C21H20N2O2S/c1-15(24)22-13-12-16-6-8-18(9-7-16)20(25)14-26-21-11-10-17-4-2-3-5-19(17)23-21/h2-11H,12-14H2,1H3,(H,22,24). The van der Waals surface area contributed by atoms with Crippen LogP contribution in [-0.2, 0) is 11.2 Å². The molecule has 5 heteroatoms. The van der Waals surface area contributed by atoms with Crippen LogP contribution in [-0.4, -0.2) is 29.0 Å². The predicted molar refractivity (Wildman–Crippen MR) is 106 cm³/mol. The summed E-state index contributed by atoms with van der Waals surface area (Å²) in [4.78, 5) is 27.8. The summed E-state index contributed by atoms with van der Waals surface area (Å²) >= 11 is 1.45. The third kappa shape index (κ3) is 4.92. The maximum absolute atomic E-state index is 12.4. The number of carbonyl (C=O) groups excluding carboxylic acids is 2. The maximum Gasteiger partial charge on any atom is 0.216 e. The molecule has 1 aromatic heterocycles. The van der Waals surface area contributed by atoms with Crippen LogP contribution in [0.1, 0.15) is 22.8 Å². The van der Waals surface area contributed by atoms with Crippen LogP contribution in [0.15, 0.2) is 65.7 Å². The van der Waals surface area contributed by atoms with E-state index in [0.29, 0.717) is 17.9 Å². The Hall–Kier alpha value is -2.66. The van der Waals surface area contributed by atoms with Crippen LogP contribution in [0, 0.1) is 0 Å². The van der Waals surface area contributed by atoms with Crippen LogP contribution >= 0.6 is 11.8 Å². The van der Waals surface area contributed by atoms with E-state index in [1.807, 2.05) is 60.7 Å². The first kappa shape index (κ1) is 18.1. The Morgan fingerprint density at radius 2 is 1.77 bits per heavy atom. The molecule has 3 rings (SSSR count). The number of para-hydroxylation sites is 1. The second-order valence-corrected chi connectivity index (χ2v) is 6.98. The lowest BCUT2D eigenvalue weighted by molar-refractivity contribution is -0.118. The molecule has 1 amide bonds. The fraction of sp³-hybridized carbons (Fsp3) is 0.190. The van der Waals surface area contributed by atoms with E-state index in [-0.39, 0.29) is 11.7 Å². The molecular formula is C21H20N2O2S. The van der Waals surface area contributed by atoms with Crippen molar-refractivity contribution in [2.45, 2.75) is 18.4 Å². The van der Waals surface area contributed by atoms with Gasteiger partial charge >= 0.3 is 0 Å². The smallest absolute Gasteiger partial charge is 0.216 e. The molecule has 0 unspecified atom stereocenters. The van der Waals surface area contributed by atoms with E-state index in [1.165, 1.54) is 18.7 Å². The van der Waals surface area contributed by atoms with Crippen LogP contribution in [0.2, 0.25) is 0 Å². The molecule has 0 spiro atoms. The molecule has 0 fully saturated rings. The Morgan fingerprint density at radius 3 is 2.54 bits per heavy atom. The number of rotatable bonds is 7. The zero-order valence-corrected chi connectivity index (χ0v) is 15.4. The summed E-state index contributed by atoms with van der Waals surface area (Å²) < 4.78 is 0. The predicted octanol–water partition coefficient (Wildman–Crippen LogP) is 3.89. The molecule has 4 nitrogen and oxygen atoms in total. The van der Waals surface area contributed by atoms with Gasteiger partial charge in [-0.2, -0.15) is 0 Å². The molecule has 0 radical (unpaired) electrons. The van der Waals surface area contributed by atoms with Gasteiger partial charge in [-0.1, -0.05) is 60.3 Å². The molecule has 0 saturated carbocycles. The molecular weight excluding hydrogens is 344 g/mol. The molecule has 0 aliphatic rings. The highest BCUT2D eigenvalue weighted by Crippen LogP contribution is 2.21. The number of nitrogens with one attached hydrogen (secondary N) is 1. The van der Waals surface area contributed by atoms with Crippen LogP contribution in [0.5, 0.6) is 0 Å². The number of amides is 1. The van der Waals surface area contributed by atoms with Crippen LogP contribution < -0.4 is 5.32 Å². The summed E-state index contributed by atoms with van der Waals surface area (Å²) in [5.74, 6) is 0.408. The van der Waals surface area contributed by atoms with E-state index in [1.54, 1.807) is 0 Å². The summed E-state index contributed by atoms with van der Waals surface area (Å²) in [6.45, 7) is 2.11. The van der Waals surface area contributed by atoms with Gasteiger partial charge in [-0.15, -0.1) is 0 Å². The summed E-state index contributed by atoms with van der Waals surface area (Å²) in [6.07, 6.45) is 0.754. The highest BCUT2D eigenvalue weighted by molar-refractivity contribution is 7.99. The van der Waals surface area contributed by atoms with Gasteiger partial charge in [0.1, 0.15) is 0 Å². The Bertz CT molecular complexity index is 923. The quantitative estimate of drug-likeness (QED) is 0.510. The maximum atomic E-state index is 12.4. The number of Topliss-reactive ketones (excluding diaryl/α,β-unsaturated/α-hetero) is 1. The number of carbonyl (C=O) groups is 2. The van der Waals surface area contributed by atoms with E-state index < -0.39 is 0 Å². The zero-order chi connectivity index (χ0) is 18.4. The number of thioether (sulfide) groups is 1. The van der Waals surface area contributed by atoms with Crippen molar-refractivity contribution in [2.24, 2.45) is 0 Å². The fourth-order valence-electron chi connectivity index (χ4n) is 2.59. The number of aromatic nitrogens is 1. The van der Waals surface area contributed by atoms with Crippen molar-refractivity contribution in [1.29, 1.82) is 0 Å². The first-order valence-electron chi connectivity index (χ1n) is 8.47. The average Bonchev–Trinajstić information content (AvgIpc) is 2.66. The number of pyridine rings is 1. The largest absolute Gasteiger partial charge is 0.356 e. The Kier molecular flexibility index (Phi) is 6.02. The number of hydrogen-bond acceptors (Lipinski definition) is 4. The van der Waals surface area contributed by atoms with Crippen LogP contribution in [0.4, 0.5) is 0 Å². The Balaban J connectivity index is 1.56. The van der Waals surface area contributed by atoms with Crippen molar-refractivity contribution in [3.8, 4) is 0 Å². The molecule has 0 saturated heterocycles. The third-order valence-electron chi connectivity index (χ3n) is 3.99. The van der Waals surface area contributed by atoms with E-state index >= 15 is 0 Å². The minimum Gasteiger partial charge on any atom is -0.356 e. The van der Waals surface area contributed by atoms with E-state index in [9.17, 15) is 9.59 Å². The molecule has 2 aromatic carbocycles. The average molecular weight is 364 g/mol. The van der Waals surface area contributed by atoms with E-state index in [4.69, 9.17) is 0 Å². The first-order chi connectivity index (χ1) is 12.6. The summed E-state index contributed by atoms with van der Waals surface area (Å²) in [5.41, 5.74) is 2.73. The van der Waals surface area contributed by atoms with Gasteiger partial charge in [-0.05, 0) is 24.1 Å². The van der Waals surface area contributed by atoms with Crippen molar-refractivity contribution >= 4 is 34.4 Å². The van der Waals surface area contributed by atoms with Gasteiger partial charge in [0.2, 0.25) is 5.91 Å². The second kappa shape index (κ2) is 8.63. The molecule has 0 aliphatic carbocycles. The van der Waals surface area contributed by atoms with Crippen LogP contribution in [0.3, 0.4) is 0 Å². The molecule has 1 N–H and O–H groups in total. The van der Waals surface area contributed by atoms with E-state index in [2.05, 4.69) is 10.3 Å². The summed E-state index contributed by atoms with van der Waals surface area (Å²) in [6, 6.07) is 19.5. The number of hydrogen-bond donors (Lipinski definition) is 1. The van der Waals surface area contributed by atoms with Gasteiger partial charge in [0.15, 0.2) is 5.78 Å². The lowest BCUT2D eigenvalue weighted by atomic mass is 10.1. The van der Waals surface area contributed by atoms with Crippen LogP contribution in [0.25, 0.3) is 10.9 Å². The lowest BCUT2D eigenvalue weighted by Gasteiger charge is -2.05. The number of nitrogens with zero attached hydrogens (tertiary/aromatic N) is 1. The molecule has 1 heterocycles. The topological polar surface area (TPSA) is 59.1 Å². The molecule has 3 aromatic rings. The van der Waals surface area contributed by atoms with Crippen molar-refractivity contribution in [2.75, 3.05) is 12.3 Å². The number of ketones is 1. The second-order valence-electron chi connectivity index (χ2n) is 5.98.